The maximum absolute atomic E-state index is 13.1. The van der Waals surface area contributed by atoms with Crippen molar-refractivity contribution in [3.05, 3.63) is 59.4 Å². The monoisotopic (exact) mass is 368 g/mol. The fraction of sp³-hybridized carbons (Fsp3) is 0.455. The van der Waals surface area contributed by atoms with E-state index in [0.29, 0.717) is 0 Å². The Balaban J connectivity index is 1.46. The molecular formula is C22H26BFO3. The number of aryl methyl sites for hydroxylation is 1. The van der Waals surface area contributed by atoms with Gasteiger partial charge in [-0.15, -0.1) is 0 Å². The van der Waals surface area contributed by atoms with Gasteiger partial charge in [0, 0.05) is 6.42 Å². The van der Waals surface area contributed by atoms with Gasteiger partial charge in [-0.3, -0.25) is 0 Å². The van der Waals surface area contributed by atoms with E-state index in [2.05, 4.69) is 33.8 Å². The van der Waals surface area contributed by atoms with E-state index in [4.69, 9.17) is 14.0 Å². The van der Waals surface area contributed by atoms with Crippen molar-refractivity contribution in [3.8, 4) is 5.75 Å². The molecule has 0 N–H and O–H groups in total. The zero-order chi connectivity index (χ0) is 19.2. The van der Waals surface area contributed by atoms with Crippen molar-refractivity contribution in [2.24, 2.45) is 0 Å². The Morgan fingerprint density at radius 1 is 1.00 bits per heavy atom. The zero-order valence-electron chi connectivity index (χ0n) is 16.4. The first-order valence-electron chi connectivity index (χ1n) is 9.63. The van der Waals surface area contributed by atoms with Gasteiger partial charge in [0.2, 0.25) is 0 Å². The molecule has 0 spiro atoms. The molecule has 27 heavy (non-hydrogen) atoms. The van der Waals surface area contributed by atoms with Gasteiger partial charge in [-0.2, -0.15) is 0 Å². The van der Waals surface area contributed by atoms with Crippen molar-refractivity contribution in [3.63, 3.8) is 0 Å². The minimum Gasteiger partial charge on any atom is -0.490 e. The van der Waals surface area contributed by atoms with Gasteiger partial charge in [-0.05, 0) is 75.3 Å². The third-order valence-electron chi connectivity index (χ3n) is 6.02. The van der Waals surface area contributed by atoms with Crippen LogP contribution >= 0.6 is 0 Å². The summed E-state index contributed by atoms with van der Waals surface area (Å²) >= 11 is 0. The summed E-state index contributed by atoms with van der Waals surface area (Å²) in [5.41, 5.74) is 2.64. The number of benzene rings is 2. The molecule has 2 aromatic carbocycles. The summed E-state index contributed by atoms with van der Waals surface area (Å²) < 4.78 is 31.6. The Morgan fingerprint density at radius 2 is 1.67 bits per heavy atom. The molecule has 2 aliphatic rings. The average molecular weight is 368 g/mol. The molecule has 1 atom stereocenters. The number of fused-ring (bicyclic) bond motifs is 1. The van der Waals surface area contributed by atoms with Crippen molar-refractivity contribution in [1.29, 1.82) is 0 Å². The molecule has 3 nitrogen and oxygen atoms in total. The summed E-state index contributed by atoms with van der Waals surface area (Å²) in [6.45, 7) is 8.26. The van der Waals surface area contributed by atoms with Gasteiger partial charge in [0.05, 0.1) is 11.2 Å². The number of rotatable bonds is 3. The van der Waals surface area contributed by atoms with Crippen LogP contribution in [-0.2, 0) is 22.2 Å². The van der Waals surface area contributed by atoms with E-state index in [-0.39, 0.29) is 30.2 Å². The molecule has 0 aliphatic carbocycles. The summed E-state index contributed by atoms with van der Waals surface area (Å²) in [6, 6.07) is 12.9. The Kier molecular flexibility index (Phi) is 4.56. The summed E-state index contributed by atoms with van der Waals surface area (Å²) in [6.07, 6.45) is 2.80. The number of ether oxygens (including phenoxy) is 1. The van der Waals surface area contributed by atoms with E-state index < -0.39 is 0 Å². The molecule has 2 heterocycles. The minimum atomic E-state index is -0.350. The van der Waals surface area contributed by atoms with Gasteiger partial charge in [-0.25, -0.2) is 4.39 Å². The van der Waals surface area contributed by atoms with E-state index >= 15 is 0 Å². The van der Waals surface area contributed by atoms with Gasteiger partial charge in [-0.1, -0.05) is 24.3 Å². The molecule has 5 heteroatoms. The van der Waals surface area contributed by atoms with Crippen LogP contribution in [0.5, 0.6) is 5.75 Å². The summed E-state index contributed by atoms with van der Waals surface area (Å²) in [5, 5.41) is 0. The highest BCUT2D eigenvalue weighted by Crippen LogP contribution is 2.37. The van der Waals surface area contributed by atoms with Crippen LogP contribution in [0.15, 0.2) is 42.5 Å². The fourth-order valence-electron chi connectivity index (χ4n) is 3.62. The van der Waals surface area contributed by atoms with Gasteiger partial charge in [0.25, 0.3) is 0 Å². The largest absolute Gasteiger partial charge is 0.494 e. The van der Waals surface area contributed by atoms with Crippen LogP contribution in [0.4, 0.5) is 4.39 Å². The summed E-state index contributed by atoms with van der Waals surface area (Å²) in [5.74, 6) is 0.720. The van der Waals surface area contributed by atoms with Crippen LogP contribution in [-0.4, -0.2) is 24.4 Å². The highest BCUT2D eigenvalue weighted by molar-refractivity contribution is 6.62. The molecule has 0 aromatic heterocycles. The number of hydrogen-bond donors (Lipinski definition) is 0. The lowest BCUT2D eigenvalue weighted by atomic mass is 9.77. The van der Waals surface area contributed by atoms with Gasteiger partial charge in [0.15, 0.2) is 0 Å². The fourth-order valence-corrected chi connectivity index (χ4v) is 3.62. The Labute approximate surface area is 161 Å². The average Bonchev–Trinajstić information content (AvgIpc) is 2.84. The van der Waals surface area contributed by atoms with Crippen molar-refractivity contribution >= 4 is 12.6 Å². The van der Waals surface area contributed by atoms with Crippen molar-refractivity contribution in [2.75, 3.05) is 0 Å². The van der Waals surface area contributed by atoms with Crippen molar-refractivity contribution in [2.45, 2.75) is 64.3 Å². The van der Waals surface area contributed by atoms with Crippen LogP contribution in [0, 0.1) is 5.82 Å². The van der Waals surface area contributed by atoms with Gasteiger partial charge < -0.3 is 14.0 Å². The molecule has 0 bridgehead atoms. The smallest absolute Gasteiger partial charge is 0.490 e. The Bertz CT molecular complexity index is 816. The minimum absolute atomic E-state index is 0.116. The molecule has 2 aromatic rings. The van der Waals surface area contributed by atoms with Crippen LogP contribution in [0.3, 0.4) is 0 Å². The number of hydrogen-bond acceptors (Lipinski definition) is 3. The van der Waals surface area contributed by atoms with Gasteiger partial charge >= 0.3 is 7.12 Å². The lowest BCUT2D eigenvalue weighted by Crippen LogP contribution is -2.41. The van der Waals surface area contributed by atoms with Crippen molar-refractivity contribution in [1.82, 2.24) is 0 Å². The molecule has 0 saturated carbocycles. The van der Waals surface area contributed by atoms with E-state index in [1.54, 1.807) is 0 Å². The van der Waals surface area contributed by atoms with Crippen LogP contribution in [0.25, 0.3) is 0 Å². The van der Waals surface area contributed by atoms with Crippen LogP contribution < -0.4 is 10.2 Å². The van der Waals surface area contributed by atoms with E-state index in [1.165, 1.54) is 17.7 Å². The molecule has 1 saturated heterocycles. The molecule has 4 rings (SSSR count). The second-order valence-electron chi connectivity index (χ2n) is 8.56. The molecular weight excluding hydrogens is 342 g/mol. The SMILES string of the molecule is CC1(C)OB(c2ccc3c(c2)CCC(Cc2ccc(F)cc2)O3)OC1(C)C. The van der Waals surface area contributed by atoms with Crippen LogP contribution in [0.1, 0.15) is 45.2 Å². The van der Waals surface area contributed by atoms with Gasteiger partial charge in [0.1, 0.15) is 17.7 Å². The topological polar surface area (TPSA) is 27.7 Å². The first-order valence-corrected chi connectivity index (χ1v) is 9.63. The predicted molar refractivity (Wildman–Crippen MR) is 105 cm³/mol. The highest BCUT2D eigenvalue weighted by Gasteiger charge is 2.51. The van der Waals surface area contributed by atoms with E-state index in [1.807, 2.05) is 24.3 Å². The van der Waals surface area contributed by atoms with E-state index in [9.17, 15) is 4.39 Å². The molecule has 2 aliphatic heterocycles. The zero-order valence-corrected chi connectivity index (χ0v) is 16.4. The second-order valence-corrected chi connectivity index (χ2v) is 8.56. The van der Waals surface area contributed by atoms with Crippen LogP contribution in [0.2, 0.25) is 0 Å². The second kappa shape index (κ2) is 6.64. The summed E-state index contributed by atoms with van der Waals surface area (Å²) in [7, 11) is -0.350. The standard InChI is InChI=1S/C22H26BFO3/c1-21(2)22(3,4)27-23(26-21)17-8-12-20-16(14-17)7-11-19(25-20)13-15-5-9-18(24)10-6-15/h5-6,8-10,12,14,19H,7,11,13H2,1-4H3. The Hall–Kier alpha value is -1.85. The highest BCUT2D eigenvalue weighted by atomic mass is 19.1. The quantitative estimate of drug-likeness (QED) is 0.765. The normalized spacial score (nSPS) is 23.0. The van der Waals surface area contributed by atoms with E-state index in [0.717, 1.165) is 36.0 Å². The Morgan fingerprint density at radius 3 is 2.33 bits per heavy atom. The first-order chi connectivity index (χ1) is 12.7. The third-order valence-corrected chi connectivity index (χ3v) is 6.02. The molecule has 0 radical (unpaired) electrons. The molecule has 1 unspecified atom stereocenters. The predicted octanol–water partition coefficient (Wildman–Crippen LogP) is 4.06. The number of halogens is 1. The molecule has 0 amide bonds. The maximum atomic E-state index is 13.1. The molecule has 142 valence electrons. The third kappa shape index (κ3) is 3.63. The lowest BCUT2D eigenvalue weighted by molar-refractivity contribution is 0.00578. The van der Waals surface area contributed by atoms with Crippen molar-refractivity contribution < 1.29 is 18.4 Å². The molecule has 1 fully saturated rings. The first kappa shape index (κ1) is 18.5. The summed E-state index contributed by atoms with van der Waals surface area (Å²) in [4.78, 5) is 0. The lowest BCUT2D eigenvalue weighted by Gasteiger charge is -2.32. The maximum Gasteiger partial charge on any atom is 0.494 e.